The molecule has 2 rings (SSSR count). The van der Waals surface area contributed by atoms with Gasteiger partial charge >= 0.3 is 0 Å². The highest BCUT2D eigenvalue weighted by Gasteiger charge is 2.27. The van der Waals surface area contributed by atoms with Crippen LogP contribution in [0.4, 0.5) is 5.69 Å². The molecule has 0 saturated carbocycles. The monoisotopic (exact) mass is 272 g/mol. The summed E-state index contributed by atoms with van der Waals surface area (Å²) in [6.07, 6.45) is 4.97. The van der Waals surface area contributed by atoms with E-state index in [4.69, 9.17) is 5.73 Å². The molecule has 2 aromatic rings. The minimum absolute atomic E-state index is 0.170. The van der Waals surface area contributed by atoms with E-state index >= 15 is 0 Å². The van der Waals surface area contributed by atoms with Gasteiger partial charge in [0.05, 0.1) is 5.54 Å². The second kappa shape index (κ2) is 5.88. The number of aromatic amines is 1. The van der Waals surface area contributed by atoms with Crippen LogP contribution in [0.25, 0.3) is 11.4 Å². The largest absolute Gasteiger partial charge is 0.345 e. The van der Waals surface area contributed by atoms with Crippen LogP contribution in [0, 0.1) is 0 Å². The molecule has 0 aliphatic heterocycles. The van der Waals surface area contributed by atoms with Crippen LogP contribution in [0.1, 0.15) is 26.7 Å². The standard InChI is InChI=1S/C15H20N4O/c1-3-7-15(2,16)14(20)19-12-6-4-5-11(10-12)13-17-8-9-18-13/h4-6,8-10H,3,7,16H2,1-2H3,(H,17,18)(H,19,20). The van der Waals surface area contributed by atoms with Crippen LogP contribution in [0.15, 0.2) is 36.7 Å². The van der Waals surface area contributed by atoms with Crippen molar-refractivity contribution in [1.29, 1.82) is 0 Å². The number of nitrogens with zero attached hydrogens (tertiary/aromatic N) is 1. The van der Waals surface area contributed by atoms with Gasteiger partial charge in [-0.15, -0.1) is 0 Å². The summed E-state index contributed by atoms with van der Waals surface area (Å²) in [5.74, 6) is 0.598. The number of imidazole rings is 1. The van der Waals surface area contributed by atoms with Crippen molar-refractivity contribution in [2.75, 3.05) is 5.32 Å². The number of benzene rings is 1. The van der Waals surface area contributed by atoms with Crippen molar-refractivity contribution in [3.63, 3.8) is 0 Å². The summed E-state index contributed by atoms with van der Waals surface area (Å²) in [6.45, 7) is 3.76. The van der Waals surface area contributed by atoms with Crippen LogP contribution in [0.3, 0.4) is 0 Å². The zero-order valence-electron chi connectivity index (χ0n) is 11.8. The van der Waals surface area contributed by atoms with Gasteiger partial charge in [0.15, 0.2) is 0 Å². The van der Waals surface area contributed by atoms with E-state index in [-0.39, 0.29) is 5.91 Å². The molecule has 4 N–H and O–H groups in total. The minimum Gasteiger partial charge on any atom is -0.345 e. The highest BCUT2D eigenvalue weighted by Crippen LogP contribution is 2.20. The Morgan fingerprint density at radius 1 is 1.50 bits per heavy atom. The fourth-order valence-corrected chi connectivity index (χ4v) is 2.07. The van der Waals surface area contributed by atoms with Crippen LogP contribution in [0.5, 0.6) is 0 Å². The lowest BCUT2D eigenvalue weighted by atomic mass is 9.96. The van der Waals surface area contributed by atoms with Gasteiger partial charge in [-0.05, 0) is 25.5 Å². The number of anilines is 1. The first-order valence-corrected chi connectivity index (χ1v) is 6.73. The highest BCUT2D eigenvalue weighted by atomic mass is 16.2. The predicted octanol–water partition coefficient (Wildman–Crippen LogP) is 2.53. The summed E-state index contributed by atoms with van der Waals surface area (Å²) < 4.78 is 0. The molecule has 1 aromatic heterocycles. The average molecular weight is 272 g/mol. The summed E-state index contributed by atoms with van der Waals surface area (Å²) in [7, 11) is 0. The van der Waals surface area contributed by atoms with E-state index in [1.54, 1.807) is 19.3 Å². The summed E-state index contributed by atoms with van der Waals surface area (Å²) in [5.41, 5.74) is 6.81. The normalized spacial score (nSPS) is 13.8. The number of hydrogen-bond acceptors (Lipinski definition) is 3. The zero-order chi connectivity index (χ0) is 14.6. The SMILES string of the molecule is CCCC(C)(N)C(=O)Nc1cccc(-c2ncc[nH]2)c1. The van der Waals surface area contributed by atoms with Crippen LogP contribution in [-0.4, -0.2) is 21.4 Å². The molecular weight excluding hydrogens is 252 g/mol. The number of H-pyrrole nitrogens is 1. The Labute approximate surface area is 118 Å². The van der Waals surface area contributed by atoms with E-state index in [2.05, 4.69) is 15.3 Å². The van der Waals surface area contributed by atoms with Crippen molar-refractivity contribution in [2.45, 2.75) is 32.2 Å². The lowest BCUT2D eigenvalue weighted by Gasteiger charge is -2.22. The molecule has 1 aromatic carbocycles. The van der Waals surface area contributed by atoms with Gasteiger partial charge in [0.1, 0.15) is 5.82 Å². The topological polar surface area (TPSA) is 83.8 Å². The molecule has 0 saturated heterocycles. The lowest BCUT2D eigenvalue weighted by molar-refractivity contribution is -0.120. The van der Waals surface area contributed by atoms with Crippen LogP contribution < -0.4 is 11.1 Å². The van der Waals surface area contributed by atoms with Gasteiger partial charge in [0, 0.05) is 23.6 Å². The molecule has 1 unspecified atom stereocenters. The summed E-state index contributed by atoms with van der Waals surface area (Å²) >= 11 is 0. The molecule has 1 atom stereocenters. The van der Waals surface area contributed by atoms with Gasteiger partial charge in [-0.25, -0.2) is 4.98 Å². The van der Waals surface area contributed by atoms with Gasteiger partial charge in [-0.2, -0.15) is 0 Å². The predicted molar refractivity (Wildman–Crippen MR) is 80.2 cm³/mol. The summed E-state index contributed by atoms with van der Waals surface area (Å²) in [4.78, 5) is 19.4. The summed E-state index contributed by atoms with van der Waals surface area (Å²) in [6, 6.07) is 7.52. The fourth-order valence-electron chi connectivity index (χ4n) is 2.07. The maximum absolute atomic E-state index is 12.2. The Balaban J connectivity index is 2.14. The van der Waals surface area contributed by atoms with E-state index < -0.39 is 5.54 Å². The third-order valence-electron chi connectivity index (χ3n) is 3.18. The Morgan fingerprint density at radius 3 is 2.95 bits per heavy atom. The van der Waals surface area contributed by atoms with E-state index in [1.165, 1.54) is 0 Å². The molecule has 0 spiro atoms. The van der Waals surface area contributed by atoms with Crippen molar-refractivity contribution in [1.82, 2.24) is 9.97 Å². The molecular formula is C15H20N4O. The van der Waals surface area contributed by atoms with E-state index in [0.717, 1.165) is 23.5 Å². The third kappa shape index (κ3) is 3.24. The number of hydrogen-bond donors (Lipinski definition) is 3. The lowest BCUT2D eigenvalue weighted by Crippen LogP contribution is -2.48. The highest BCUT2D eigenvalue weighted by molar-refractivity contribution is 5.98. The van der Waals surface area contributed by atoms with Gasteiger partial charge in [0.25, 0.3) is 0 Å². The molecule has 20 heavy (non-hydrogen) atoms. The molecule has 5 nitrogen and oxygen atoms in total. The van der Waals surface area contributed by atoms with Crippen molar-refractivity contribution < 1.29 is 4.79 Å². The second-order valence-electron chi connectivity index (χ2n) is 5.14. The molecule has 1 heterocycles. The third-order valence-corrected chi connectivity index (χ3v) is 3.18. The van der Waals surface area contributed by atoms with Gasteiger partial charge in [-0.3, -0.25) is 4.79 Å². The van der Waals surface area contributed by atoms with Crippen molar-refractivity contribution >= 4 is 11.6 Å². The van der Waals surface area contributed by atoms with E-state index in [1.807, 2.05) is 31.2 Å². The number of carbonyl (C=O) groups is 1. The fraction of sp³-hybridized carbons (Fsp3) is 0.333. The van der Waals surface area contributed by atoms with Gasteiger partial charge in [0.2, 0.25) is 5.91 Å². The number of amides is 1. The Morgan fingerprint density at radius 2 is 2.30 bits per heavy atom. The molecule has 0 bridgehead atoms. The Bertz CT molecular complexity index is 575. The molecule has 1 amide bonds. The quantitative estimate of drug-likeness (QED) is 0.782. The second-order valence-corrected chi connectivity index (χ2v) is 5.14. The smallest absolute Gasteiger partial charge is 0.244 e. The van der Waals surface area contributed by atoms with Crippen molar-refractivity contribution in [3.05, 3.63) is 36.7 Å². The number of nitrogens with two attached hydrogens (primary N) is 1. The first kappa shape index (κ1) is 14.3. The summed E-state index contributed by atoms with van der Waals surface area (Å²) in [5, 5.41) is 2.86. The number of aromatic nitrogens is 2. The molecule has 0 radical (unpaired) electrons. The van der Waals surface area contributed by atoms with Gasteiger partial charge < -0.3 is 16.0 Å². The zero-order valence-corrected chi connectivity index (χ0v) is 11.8. The van der Waals surface area contributed by atoms with Crippen LogP contribution in [-0.2, 0) is 4.79 Å². The number of carbonyl (C=O) groups excluding carboxylic acids is 1. The van der Waals surface area contributed by atoms with Gasteiger partial charge in [-0.1, -0.05) is 25.5 Å². The number of rotatable bonds is 5. The molecule has 5 heteroatoms. The van der Waals surface area contributed by atoms with E-state index in [9.17, 15) is 4.79 Å². The van der Waals surface area contributed by atoms with Crippen molar-refractivity contribution in [3.8, 4) is 11.4 Å². The number of nitrogens with one attached hydrogen (secondary N) is 2. The maximum Gasteiger partial charge on any atom is 0.244 e. The molecule has 0 fully saturated rings. The Hall–Kier alpha value is -2.14. The maximum atomic E-state index is 12.2. The molecule has 0 aliphatic rings. The first-order chi connectivity index (χ1) is 9.53. The van der Waals surface area contributed by atoms with E-state index in [0.29, 0.717) is 6.42 Å². The Kier molecular flexibility index (Phi) is 4.20. The first-order valence-electron chi connectivity index (χ1n) is 6.73. The average Bonchev–Trinajstić information content (AvgIpc) is 2.93. The minimum atomic E-state index is -0.852. The molecule has 106 valence electrons. The van der Waals surface area contributed by atoms with Crippen LogP contribution in [0.2, 0.25) is 0 Å². The van der Waals surface area contributed by atoms with Crippen molar-refractivity contribution in [2.24, 2.45) is 5.73 Å². The molecule has 0 aliphatic carbocycles. The van der Waals surface area contributed by atoms with Crippen LogP contribution >= 0.6 is 0 Å².